The van der Waals surface area contributed by atoms with Gasteiger partial charge in [-0.3, -0.25) is 5.41 Å². The average Bonchev–Trinajstić information content (AvgIpc) is 2.43. The van der Waals surface area contributed by atoms with Gasteiger partial charge >= 0.3 is 0 Å². The molecule has 0 unspecified atom stereocenters. The van der Waals surface area contributed by atoms with Crippen LogP contribution in [0.1, 0.15) is 0 Å². The summed E-state index contributed by atoms with van der Waals surface area (Å²) in [5.41, 5.74) is 3.03. The fourth-order valence-corrected chi connectivity index (χ4v) is 2.11. The summed E-state index contributed by atoms with van der Waals surface area (Å²) in [5.74, 6) is 0.780. The van der Waals surface area contributed by atoms with Crippen LogP contribution in [0.4, 0.5) is 5.69 Å². The first-order chi connectivity index (χ1) is 9.58. The molecular weight excluding hydrogens is 278 g/mol. The van der Waals surface area contributed by atoms with Crippen molar-refractivity contribution in [1.82, 2.24) is 4.98 Å². The standard InChI is InChI=1S/C14H12ClN3O2/c1-18(2)8-3-4-10-13(5-8)19-14-6-9(16)12(20-15)7-11(14)17-10/h3-7,16H,1-2H3. The third kappa shape index (κ3) is 2.06. The van der Waals surface area contributed by atoms with Gasteiger partial charge in [0.2, 0.25) is 0 Å². The van der Waals surface area contributed by atoms with Gasteiger partial charge in [0, 0.05) is 38.0 Å². The molecule has 0 aromatic heterocycles. The number of anilines is 1. The first-order valence-corrected chi connectivity index (χ1v) is 6.28. The Morgan fingerprint density at radius 1 is 1.25 bits per heavy atom. The summed E-state index contributed by atoms with van der Waals surface area (Å²) in [6.45, 7) is 0. The zero-order chi connectivity index (χ0) is 14.3. The molecule has 0 radical (unpaired) electrons. The van der Waals surface area contributed by atoms with Gasteiger partial charge in [-0.15, -0.1) is 0 Å². The number of nitrogens with one attached hydrogen (secondary N) is 1. The number of hydrogen-bond donors (Lipinski definition) is 1. The highest BCUT2D eigenvalue weighted by atomic mass is 35.5. The summed E-state index contributed by atoms with van der Waals surface area (Å²) in [6.07, 6.45) is 0. The zero-order valence-corrected chi connectivity index (χ0v) is 11.7. The van der Waals surface area contributed by atoms with Crippen molar-refractivity contribution in [3.05, 3.63) is 35.7 Å². The van der Waals surface area contributed by atoms with Gasteiger partial charge < -0.3 is 13.6 Å². The van der Waals surface area contributed by atoms with Crippen LogP contribution in [0.25, 0.3) is 22.6 Å². The second-order valence-corrected chi connectivity index (χ2v) is 4.81. The van der Waals surface area contributed by atoms with Gasteiger partial charge in [0.1, 0.15) is 28.4 Å². The lowest BCUT2D eigenvalue weighted by molar-refractivity contribution is 0.590. The van der Waals surface area contributed by atoms with Crippen molar-refractivity contribution >= 4 is 28.7 Å². The molecule has 20 heavy (non-hydrogen) atoms. The predicted molar refractivity (Wildman–Crippen MR) is 77.3 cm³/mol. The fourth-order valence-electron chi connectivity index (χ4n) is 1.99. The molecule has 0 bridgehead atoms. The summed E-state index contributed by atoms with van der Waals surface area (Å²) >= 11 is 5.32. The maximum atomic E-state index is 7.77. The molecule has 0 saturated carbocycles. The van der Waals surface area contributed by atoms with E-state index in [0.717, 1.165) is 11.2 Å². The maximum absolute atomic E-state index is 7.77. The third-order valence-corrected chi connectivity index (χ3v) is 3.23. The van der Waals surface area contributed by atoms with Crippen LogP contribution in [-0.2, 0) is 0 Å². The van der Waals surface area contributed by atoms with Crippen molar-refractivity contribution < 1.29 is 8.71 Å². The van der Waals surface area contributed by atoms with Crippen molar-refractivity contribution in [2.24, 2.45) is 0 Å². The Morgan fingerprint density at radius 2 is 2.05 bits per heavy atom. The predicted octanol–water partition coefficient (Wildman–Crippen LogP) is 3.01. The summed E-state index contributed by atoms with van der Waals surface area (Å²) in [7, 11) is 3.92. The molecule has 5 nitrogen and oxygen atoms in total. The van der Waals surface area contributed by atoms with Crippen LogP contribution in [-0.4, -0.2) is 19.1 Å². The largest absolute Gasteiger partial charge is 0.453 e. The van der Waals surface area contributed by atoms with Crippen molar-refractivity contribution in [2.45, 2.75) is 0 Å². The molecule has 0 amide bonds. The van der Waals surface area contributed by atoms with Crippen LogP contribution >= 0.6 is 11.9 Å². The van der Waals surface area contributed by atoms with Gasteiger partial charge in [0.05, 0.1) is 0 Å². The second-order valence-electron chi connectivity index (χ2n) is 4.65. The lowest BCUT2D eigenvalue weighted by atomic mass is 10.2. The number of fused-ring (bicyclic) bond motifs is 2. The number of nitrogens with zero attached hydrogens (tertiary/aromatic N) is 2. The highest BCUT2D eigenvalue weighted by Gasteiger charge is 2.13. The summed E-state index contributed by atoms with van der Waals surface area (Å²) < 4.78 is 10.4. The Kier molecular flexibility index (Phi) is 2.99. The molecule has 3 rings (SSSR count). The van der Waals surface area contributed by atoms with E-state index in [1.807, 2.05) is 37.2 Å². The summed E-state index contributed by atoms with van der Waals surface area (Å²) in [6, 6.07) is 8.91. The number of halogens is 1. The van der Waals surface area contributed by atoms with Crippen molar-refractivity contribution in [1.29, 1.82) is 5.41 Å². The zero-order valence-electron chi connectivity index (χ0n) is 11.0. The van der Waals surface area contributed by atoms with Crippen molar-refractivity contribution in [2.75, 3.05) is 19.0 Å². The Bertz CT molecular complexity index is 813. The molecule has 1 aliphatic heterocycles. The molecule has 1 N–H and O–H groups in total. The maximum Gasteiger partial charge on any atom is 0.173 e. The topological polar surface area (TPSA) is 62.4 Å². The van der Waals surface area contributed by atoms with Crippen LogP contribution in [0.2, 0.25) is 0 Å². The molecule has 0 saturated heterocycles. The molecule has 0 spiro atoms. The number of aromatic nitrogens is 1. The highest BCUT2D eigenvalue weighted by Crippen LogP contribution is 2.28. The van der Waals surface area contributed by atoms with Gasteiger partial charge in [0.15, 0.2) is 17.1 Å². The van der Waals surface area contributed by atoms with Gasteiger partial charge in [0.25, 0.3) is 0 Å². The smallest absolute Gasteiger partial charge is 0.173 e. The average molecular weight is 290 g/mol. The molecule has 6 heteroatoms. The fraction of sp³-hybridized carbons (Fsp3) is 0.143. The molecule has 1 aromatic carbocycles. The van der Waals surface area contributed by atoms with E-state index < -0.39 is 0 Å². The van der Waals surface area contributed by atoms with Gasteiger partial charge in [-0.2, -0.15) is 0 Å². The number of benzene rings is 2. The van der Waals surface area contributed by atoms with Gasteiger partial charge in [-0.25, -0.2) is 4.98 Å². The molecule has 1 aromatic rings. The third-order valence-electron chi connectivity index (χ3n) is 3.06. The Morgan fingerprint density at radius 3 is 2.75 bits per heavy atom. The van der Waals surface area contributed by atoms with Crippen LogP contribution < -0.4 is 14.5 Å². The SMILES string of the molecule is CN(C)c1ccc2nc3cc(OCl)c(=N)cc-3oc2c1. The Balaban J connectivity index is 2.30. The van der Waals surface area contributed by atoms with Crippen molar-refractivity contribution in [3.63, 3.8) is 0 Å². The first-order valence-electron chi connectivity index (χ1n) is 5.97. The Hall–Kier alpha value is -2.27. The second kappa shape index (κ2) is 4.68. The van der Waals surface area contributed by atoms with Crippen molar-refractivity contribution in [3.8, 4) is 17.2 Å². The monoisotopic (exact) mass is 289 g/mol. The summed E-state index contributed by atoms with van der Waals surface area (Å²) in [4.78, 5) is 6.48. The molecule has 1 aliphatic carbocycles. The number of hydrogen-bond acceptors (Lipinski definition) is 5. The van der Waals surface area contributed by atoms with E-state index in [4.69, 9.17) is 21.7 Å². The van der Waals surface area contributed by atoms with Crippen LogP contribution in [0, 0.1) is 5.41 Å². The number of rotatable bonds is 2. The Labute approximate surface area is 120 Å². The normalized spacial score (nSPS) is 10.9. The first kappa shape index (κ1) is 12.7. The lowest BCUT2D eigenvalue weighted by Gasteiger charge is -2.13. The minimum atomic E-state index is 0.154. The highest BCUT2D eigenvalue weighted by molar-refractivity contribution is 6.09. The molecular formula is C14H12ClN3O2. The van der Waals surface area contributed by atoms with Gasteiger partial charge in [-0.1, -0.05) is 0 Å². The van der Waals surface area contributed by atoms with E-state index in [0.29, 0.717) is 17.0 Å². The van der Waals surface area contributed by atoms with E-state index >= 15 is 0 Å². The molecule has 1 heterocycles. The minimum Gasteiger partial charge on any atom is -0.453 e. The summed E-state index contributed by atoms with van der Waals surface area (Å²) in [5, 5.41) is 7.92. The van der Waals surface area contributed by atoms with E-state index in [1.165, 1.54) is 0 Å². The quantitative estimate of drug-likeness (QED) is 0.737. The van der Waals surface area contributed by atoms with E-state index in [1.54, 1.807) is 12.1 Å². The molecule has 2 aliphatic rings. The minimum absolute atomic E-state index is 0.154. The van der Waals surface area contributed by atoms with E-state index in [2.05, 4.69) is 9.27 Å². The van der Waals surface area contributed by atoms with E-state index in [-0.39, 0.29) is 11.1 Å². The molecule has 0 atom stereocenters. The van der Waals surface area contributed by atoms with Gasteiger partial charge in [-0.05, 0) is 12.1 Å². The molecule has 0 fully saturated rings. The molecule has 102 valence electrons. The van der Waals surface area contributed by atoms with E-state index in [9.17, 15) is 0 Å². The lowest BCUT2D eigenvalue weighted by Crippen LogP contribution is -2.08. The van der Waals surface area contributed by atoms with Crippen LogP contribution in [0.3, 0.4) is 0 Å². The van der Waals surface area contributed by atoms with Crippen LogP contribution in [0.15, 0.2) is 34.7 Å². The van der Waals surface area contributed by atoms with Crippen LogP contribution in [0.5, 0.6) is 5.75 Å².